The van der Waals surface area contributed by atoms with Crippen molar-refractivity contribution in [2.24, 2.45) is 0 Å². The molecular weight excluding hydrogens is 472 g/mol. The summed E-state index contributed by atoms with van der Waals surface area (Å²) < 4.78 is 23.6. The van der Waals surface area contributed by atoms with Gasteiger partial charge in [-0.3, -0.25) is 0 Å². The molecule has 0 heterocycles. The molecule has 0 spiro atoms. The smallest absolute Gasteiger partial charge is 0.321 e. The molecule has 0 aromatic heterocycles. The Morgan fingerprint density at radius 3 is 1.18 bits per heavy atom. The van der Waals surface area contributed by atoms with Gasteiger partial charge in [-0.1, -0.05) is 156 Å². The van der Waals surface area contributed by atoms with E-state index in [9.17, 15) is 0 Å². The number of allylic oxidation sites excluding steroid dienone is 1. The summed E-state index contributed by atoms with van der Waals surface area (Å²) in [6, 6.07) is 0. The number of hydrogen-bond acceptors (Lipinski definition) is 4. The molecule has 0 aromatic rings. The van der Waals surface area contributed by atoms with Gasteiger partial charge in [0.15, 0.2) is 12.6 Å². The second-order valence-corrected chi connectivity index (χ2v) is 11.1. The number of rotatable bonds is 32. The van der Waals surface area contributed by atoms with Crippen LogP contribution in [0.2, 0.25) is 0 Å². The van der Waals surface area contributed by atoms with Crippen LogP contribution in [0.1, 0.15) is 181 Å². The minimum atomic E-state index is 0.203. The lowest BCUT2D eigenvalue weighted by Gasteiger charge is -2.17. The van der Waals surface area contributed by atoms with E-state index in [-0.39, 0.29) is 6.79 Å². The zero-order valence-electron chi connectivity index (χ0n) is 26.4. The molecule has 4 heteroatoms. The van der Waals surface area contributed by atoms with Gasteiger partial charge in [0.25, 0.3) is 0 Å². The molecule has 0 N–H and O–H groups in total. The van der Waals surface area contributed by atoms with Crippen molar-refractivity contribution < 1.29 is 18.9 Å². The lowest BCUT2D eigenvalue weighted by Crippen LogP contribution is -2.09. The quantitative estimate of drug-likeness (QED) is 0.0483. The standard InChI is InChI=1S/C34H68O4/c1-5-8-11-14-17-20-23-26-29-33(36-30-27-24-21-18-15-12-9-6-2)34(38-32-35-4)37-31-28-25-22-19-16-13-10-7-3/h5-32H2,1-4H3. The fraction of sp³-hybridized carbons (Fsp3) is 0.941. The van der Waals surface area contributed by atoms with E-state index >= 15 is 0 Å². The molecule has 0 aliphatic rings. The maximum atomic E-state index is 6.31. The predicted octanol–water partition coefficient (Wildman–Crippen LogP) is 11.6. The Morgan fingerprint density at radius 1 is 0.395 bits per heavy atom. The van der Waals surface area contributed by atoms with Crippen molar-refractivity contribution >= 4 is 0 Å². The summed E-state index contributed by atoms with van der Waals surface area (Å²) in [6.07, 6.45) is 32.2. The zero-order chi connectivity index (χ0) is 27.8. The highest BCUT2D eigenvalue weighted by Crippen LogP contribution is 2.21. The lowest BCUT2D eigenvalue weighted by atomic mass is 10.1. The summed E-state index contributed by atoms with van der Waals surface area (Å²) in [5.74, 6) is 1.47. The van der Waals surface area contributed by atoms with Crippen molar-refractivity contribution in [3.8, 4) is 0 Å². The Hall–Kier alpha value is -0.900. The summed E-state index contributed by atoms with van der Waals surface area (Å²) in [4.78, 5) is 0. The average Bonchev–Trinajstić information content (AvgIpc) is 2.93. The SMILES string of the molecule is CCCCCCCCCCOC(CCCCCCCCCC)=C(OCCCCCCCCCC)OCOC. The van der Waals surface area contributed by atoms with Gasteiger partial charge >= 0.3 is 5.95 Å². The van der Waals surface area contributed by atoms with Crippen molar-refractivity contribution in [1.29, 1.82) is 0 Å². The minimum Gasteiger partial charge on any atom is -0.491 e. The third kappa shape index (κ3) is 26.7. The molecular formula is C34H68O4. The van der Waals surface area contributed by atoms with Gasteiger partial charge < -0.3 is 18.9 Å². The molecule has 0 saturated heterocycles. The van der Waals surface area contributed by atoms with Crippen LogP contribution in [0, 0.1) is 0 Å². The van der Waals surface area contributed by atoms with E-state index in [1.54, 1.807) is 7.11 Å². The van der Waals surface area contributed by atoms with Crippen molar-refractivity contribution in [3.05, 3.63) is 11.7 Å². The topological polar surface area (TPSA) is 36.9 Å². The second kappa shape index (κ2) is 32.3. The Morgan fingerprint density at radius 2 is 0.763 bits per heavy atom. The second-order valence-electron chi connectivity index (χ2n) is 11.1. The molecule has 0 aliphatic carbocycles. The fourth-order valence-corrected chi connectivity index (χ4v) is 4.80. The van der Waals surface area contributed by atoms with Gasteiger partial charge in [0.05, 0.1) is 13.2 Å². The van der Waals surface area contributed by atoms with Crippen LogP contribution in [-0.2, 0) is 18.9 Å². The number of ether oxygens (including phenoxy) is 4. The highest BCUT2D eigenvalue weighted by Gasteiger charge is 2.13. The van der Waals surface area contributed by atoms with Crippen molar-refractivity contribution in [3.63, 3.8) is 0 Å². The molecule has 0 atom stereocenters. The Labute approximate surface area is 239 Å². The molecule has 0 fully saturated rings. The third-order valence-electron chi connectivity index (χ3n) is 7.30. The molecule has 0 bridgehead atoms. The predicted molar refractivity (Wildman–Crippen MR) is 164 cm³/mol. The van der Waals surface area contributed by atoms with Gasteiger partial charge in [-0.05, 0) is 19.3 Å². The molecule has 0 aromatic carbocycles. The van der Waals surface area contributed by atoms with Crippen molar-refractivity contribution in [2.45, 2.75) is 181 Å². The maximum absolute atomic E-state index is 6.31. The molecule has 0 rings (SSSR count). The number of hydrogen-bond donors (Lipinski definition) is 0. The third-order valence-corrected chi connectivity index (χ3v) is 7.30. The Kier molecular flexibility index (Phi) is 31.5. The van der Waals surface area contributed by atoms with E-state index in [0.29, 0.717) is 12.6 Å². The lowest BCUT2D eigenvalue weighted by molar-refractivity contribution is -0.0692. The highest BCUT2D eigenvalue weighted by atomic mass is 16.7. The van der Waals surface area contributed by atoms with Crippen LogP contribution in [0.5, 0.6) is 0 Å². The van der Waals surface area contributed by atoms with Crippen molar-refractivity contribution in [2.75, 3.05) is 27.1 Å². The summed E-state index contributed by atoms with van der Waals surface area (Å²) in [5, 5.41) is 0. The average molecular weight is 541 g/mol. The molecule has 38 heavy (non-hydrogen) atoms. The molecule has 0 amide bonds. The van der Waals surface area contributed by atoms with Gasteiger partial charge in [0.2, 0.25) is 0 Å². The van der Waals surface area contributed by atoms with E-state index in [1.165, 1.54) is 135 Å². The van der Waals surface area contributed by atoms with E-state index in [2.05, 4.69) is 20.8 Å². The molecule has 228 valence electrons. The van der Waals surface area contributed by atoms with E-state index in [0.717, 1.165) is 38.0 Å². The van der Waals surface area contributed by atoms with Gasteiger partial charge in [0.1, 0.15) is 0 Å². The van der Waals surface area contributed by atoms with Gasteiger partial charge in [0, 0.05) is 13.5 Å². The van der Waals surface area contributed by atoms with Crippen molar-refractivity contribution in [1.82, 2.24) is 0 Å². The monoisotopic (exact) mass is 541 g/mol. The van der Waals surface area contributed by atoms with Crippen LogP contribution in [-0.4, -0.2) is 27.1 Å². The molecule has 4 nitrogen and oxygen atoms in total. The minimum absolute atomic E-state index is 0.203. The molecule has 0 saturated carbocycles. The van der Waals surface area contributed by atoms with Gasteiger partial charge in [-0.15, -0.1) is 0 Å². The normalized spacial score (nSPS) is 12.0. The van der Waals surface area contributed by atoms with Crippen LogP contribution < -0.4 is 0 Å². The highest BCUT2D eigenvalue weighted by molar-refractivity contribution is 4.95. The molecule has 0 radical (unpaired) electrons. The van der Waals surface area contributed by atoms with Crippen LogP contribution in [0.4, 0.5) is 0 Å². The van der Waals surface area contributed by atoms with Crippen LogP contribution in [0.25, 0.3) is 0 Å². The largest absolute Gasteiger partial charge is 0.491 e. The summed E-state index contributed by atoms with van der Waals surface area (Å²) >= 11 is 0. The van der Waals surface area contributed by atoms with Crippen LogP contribution in [0.15, 0.2) is 11.7 Å². The first-order valence-electron chi connectivity index (χ1n) is 16.9. The first-order valence-corrected chi connectivity index (χ1v) is 16.9. The molecule has 0 aliphatic heterocycles. The van der Waals surface area contributed by atoms with Crippen LogP contribution in [0.3, 0.4) is 0 Å². The first-order chi connectivity index (χ1) is 18.8. The molecule has 0 unspecified atom stereocenters. The first kappa shape index (κ1) is 37.1. The fourth-order valence-electron chi connectivity index (χ4n) is 4.80. The maximum Gasteiger partial charge on any atom is 0.321 e. The van der Waals surface area contributed by atoms with Crippen LogP contribution >= 0.6 is 0 Å². The van der Waals surface area contributed by atoms with Gasteiger partial charge in [-0.25, -0.2) is 0 Å². The van der Waals surface area contributed by atoms with Gasteiger partial charge in [-0.2, -0.15) is 0 Å². The number of methoxy groups -OCH3 is 1. The Balaban J connectivity index is 4.58. The van der Waals surface area contributed by atoms with E-state index in [1.807, 2.05) is 0 Å². The van der Waals surface area contributed by atoms with E-state index < -0.39 is 0 Å². The summed E-state index contributed by atoms with van der Waals surface area (Å²) in [5.41, 5.74) is 0. The summed E-state index contributed by atoms with van der Waals surface area (Å²) in [7, 11) is 1.66. The summed E-state index contributed by atoms with van der Waals surface area (Å²) in [6.45, 7) is 8.48. The Bertz CT molecular complexity index is 477. The zero-order valence-corrected chi connectivity index (χ0v) is 26.4. The number of unbranched alkanes of at least 4 members (excludes halogenated alkanes) is 21. The van der Waals surface area contributed by atoms with E-state index in [4.69, 9.17) is 18.9 Å².